The van der Waals surface area contributed by atoms with Gasteiger partial charge in [-0.3, -0.25) is 0 Å². The Hall–Kier alpha value is -1.13. The van der Waals surface area contributed by atoms with Crippen molar-refractivity contribution in [2.75, 3.05) is 7.11 Å². The van der Waals surface area contributed by atoms with E-state index in [0.29, 0.717) is 0 Å². The Morgan fingerprint density at radius 3 is 2.41 bits per heavy atom. The number of phenols is 1. The zero-order valence-corrected chi connectivity index (χ0v) is 11.6. The van der Waals surface area contributed by atoms with E-state index in [1.165, 1.54) is 11.8 Å². The summed E-state index contributed by atoms with van der Waals surface area (Å²) in [5.74, 6) is 1.10. The largest absolute Gasteiger partial charge is 0.507 e. The molecule has 0 heterocycles. The molecule has 2 rings (SSSR count). The standard InChI is InChI=1S/C13H11BrO2S/c1-16-9-5-7-10(8-6-9)17-13-11(14)3-2-4-12(13)15/h2-8,15H,1H3. The van der Waals surface area contributed by atoms with Gasteiger partial charge >= 0.3 is 0 Å². The van der Waals surface area contributed by atoms with E-state index in [1.807, 2.05) is 30.3 Å². The smallest absolute Gasteiger partial charge is 0.130 e. The van der Waals surface area contributed by atoms with Crippen LogP contribution < -0.4 is 4.74 Å². The van der Waals surface area contributed by atoms with Gasteiger partial charge in [0.15, 0.2) is 0 Å². The third kappa shape index (κ3) is 2.96. The SMILES string of the molecule is COc1ccc(Sc2c(O)cccc2Br)cc1. The molecule has 88 valence electrons. The highest BCUT2D eigenvalue weighted by molar-refractivity contribution is 9.10. The van der Waals surface area contributed by atoms with Crippen LogP contribution in [-0.4, -0.2) is 12.2 Å². The van der Waals surface area contributed by atoms with E-state index in [1.54, 1.807) is 19.2 Å². The normalized spacial score (nSPS) is 10.2. The van der Waals surface area contributed by atoms with Gasteiger partial charge < -0.3 is 9.84 Å². The quantitative estimate of drug-likeness (QED) is 0.915. The van der Waals surface area contributed by atoms with Crippen molar-refractivity contribution in [2.45, 2.75) is 9.79 Å². The number of ether oxygens (including phenoxy) is 1. The Morgan fingerprint density at radius 1 is 1.12 bits per heavy atom. The number of benzene rings is 2. The first kappa shape index (κ1) is 12.3. The molecule has 2 aromatic carbocycles. The number of halogens is 1. The summed E-state index contributed by atoms with van der Waals surface area (Å²) in [5.41, 5.74) is 0. The molecule has 0 amide bonds. The molecule has 0 saturated heterocycles. The minimum Gasteiger partial charge on any atom is -0.507 e. The molecule has 0 spiro atoms. The van der Waals surface area contributed by atoms with Crippen molar-refractivity contribution >= 4 is 27.7 Å². The van der Waals surface area contributed by atoms with E-state index in [4.69, 9.17) is 4.74 Å². The van der Waals surface area contributed by atoms with Crippen LogP contribution in [0, 0.1) is 0 Å². The van der Waals surface area contributed by atoms with Crippen LogP contribution in [0.25, 0.3) is 0 Å². The first-order valence-corrected chi connectivity index (χ1v) is 6.61. The lowest BCUT2D eigenvalue weighted by Crippen LogP contribution is -1.82. The molecule has 0 bridgehead atoms. The first-order chi connectivity index (χ1) is 8.20. The zero-order chi connectivity index (χ0) is 12.3. The lowest BCUT2D eigenvalue weighted by Gasteiger charge is -2.07. The van der Waals surface area contributed by atoms with E-state index in [-0.39, 0.29) is 5.75 Å². The van der Waals surface area contributed by atoms with Crippen LogP contribution in [0.4, 0.5) is 0 Å². The molecule has 17 heavy (non-hydrogen) atoms. The maximum absolute atomic E-state index is 9.78. The van der Waals surface area contributed by atoms with Crippen LogP contribution in [0.5, 0.6) is 11.5 Å². The Bertz CT molecular complexity index is 491. The predicted octanol–water partition coefficient (Wildman–Crippen LogP) is 4.31. The second-order valence-electron chi connectivity index (χ2n) is 3.37. The minimum atomic E-state index is 0.278. The highest BCUT2D eigenvalue weighted by Crippen LogP contribution is 2.39. The molecule has 0 atom stereocenters. The summed E-state index contributed by atoms with van der Waals surface area (Å²) < 4.78 is 5.99. The Labute approximate surface area is 113 Å². The van der Waals surface area contributed by atoms with Crippen molar-refractivity contribution < 1.29 is 9.84 Å². The van der Waals surface area contributed by atoms with E-state index in [2.05, 4.69) is 15.9 Å². The van der Waals surface area contributed by atoms with E-state index < -0.39 is 0 Å². The van der Waals surface area contributed by atoms with Gasteiger partial charge in [-0.25, -0.2) is 0 Å². The predicted molar refractivity (Wildman–Crippen MR) is 72.9 cm³/mol. The molecule has 0 aromatic heterocycles. The maximum atomic E-state index is 9.78. The van der Waals surface area contributed by atoms with E-state index in [0.717, 1.165) is 20.0 Å². The molecule has 4 heteroatoms. The molecule has 2 nitrogen and oxygen atoms in total. The Kier molecular flexibility index (Phi) is 3.97. The highest BCUT2D eigenvalue weighted by atomic mass is 79.9. The number of rotatable bonds is 3. The molecular formula is C13H11BrO2S. The molecular weight excluding hydrogens is 300 g/mol. The zero-order valence-electron chi connectivity index (χ0n) is 9.18. The topological polar surface area (TPSA) is 29.5 Å². The maximum Gasteiger partial charge on any atom is 0.130 e. The number of methoxy groups -OCH3 is 1. The fourth-order valence-corrected chi connectivity index (χ4v) is 2.80. The number of hydrogen-bond donors (Lipinski definition) is 1. The molecule has 1 N–H and O–H groups in total. The van der Waals surface area contributed by atoms with E-state index in [9.17, 15) is 5.11 Å². The lowest BCUT2D eigenvalue weighted by atomic mass is 10.3. The summed E-state index contributed by atoms with van der Waals surface area (Å²) in [6.07, 6.45) is 0. The lowest BCUT2D eigenvalue weighted by molar-refractivity contribution is 0.414. The second-order valence-corrected chi connectivity index (χ2v) is 5.30. The van der Waals surface area contributed by atoms with E-state index >= 15 is 0 Å². The van der Waals surface area contributed by atoms with Gasteiger partial charge in [-0.15, -0.1) is 0 Å². The molecule has 0 fully saturated rings. The molecule has 0 aliphatic rings. The summed E-state index contributed by atoms with van der Waals surface area (Å²) >= 11 is 4.93. The van der Waals surface area contributed by atoms with Crippen LogP contribution in [0.15, 0.2) is 56.7 Å². The van der Waals surface area contributed by atoms with Crippen LogP contribution in [0.1, 0.15) is 0 Å². The van der Waals surface area contributed by atoms with Gasteiger partial charge in [0.05, 0.1) is 12.0 Å². The van der Waals surface area contributed by atoms with Gasteiger partial charge in [0.2, 0.25) is 0 Å². The van der Waals surface area contributed by atoms with Crippen LogP contribution in [-0.2, 0) is 0 Å². The number of phenolic OH excluding ortho intramolecular Hbond substituents is 1. The average Bonchev–Trinajstić information content (AvgIpc) is 2.35. The molecule has 0 saturated carbocycles. The van der Waals surface area contributed by atoms with Crippen LogP contribution >= 0.6 is 27.7 Å². The van der Waals surface area contributed by atoms with Gasteiger partial charge in [0.25, 0.3) is 0 Å². The van der Waals surface area contributed by atoms with Gasteiger partial charge in [-0.2, -0.15) is 0 Å². The van der Waals surface area contributed by atoms with Crippen molar-refractivity contribution in [1.29, 1.82) is 0 Å². The monoisotopic (exact) mass is 310 g/mol. The third-order valence-corrected chi connectivity index (χ3v) is 4.29. The van der Waals surface area contributed by atoms with Crippen LogP contribution in [0.2, 0.25) is 0 Å². The molecule has 0 aliphatic heterocycles. The van der Waals surface area contributed by atoms with Crippen molar-refractivity contribution in [3.8, 4) is 11.5 Å². The number of aromatic hydroxyl groups is 1. The molecule has 2 aromatic rings. The van der Waals surface area contributed by atoms with Crippen molar-refractivity contribution in [3.63, 3.8) is 0 Å². The van der Waals surface area contributed by atoms with Crippen molar-refractivity contribution in [2.24, 2.45) is 0 Å². The fourth-order valence-electron chi connectivity index (χ4n) is 1.36. The van der Waals surface area contributed by atoms with Crippen molar-refractivity contribution in [3.05, 3.63) is 46.9 Å². The average molecular weight is 311 g/mol. The van der Waals surface area contributed by atoms with Gasteiger partial charge in [-0.1, -0.05) is 17.8 Å². The summed E-state index contributed by atoms with van der Waals surface area (Å²) in [7, 11) is 1.64. The molecule has 0 aliphatic carbocycles. The minimum absolute atomic E-state index is 0.278. The highest BCUT2D eigenvalue weighted by Gasteiger charge is 2.07. The Balaban J connectivity index is 2.25. The summed E-state index contributed by atoms with van der Waals surface area (Å²) in [6.45, 7) is 0. The Morgan fingerprint density at radius 2 is 1.82 bits per heavy atom. The summed E-state index contributed by atoms with van der Waals surface area (Å²) in [6, 6.07) is 13.1. The fraction of sp³-hybridized carbons (Fsp3) is 0.0769. The van der Waals surface area contributed by atoms with Crippen molar-refractivity contribution in [1.82, 2.24) is 0 Å². The summed E-state index contributed by atoms with van der Waals surface area (Å²) in [5, 5.41) is 9.78. The third-order valence-electron chi connectivity index (χ3n) is 2.23. The van der Waals surface area contributed by atoms with Gasteiger partial charge in [-0.05, 0) is 52.3 Å². The summed E-state index contributed by atoms with van der Waals surface area (Å²) in [4.78, 5) is 1.87. The molecule has 0 unspecified atom stereocenters. The first-order valence-electron chi connectivity index (χ1n) is 5.00. The second kappa shape index (κ2) is 5.47. The van der Waals surface area contributed by atoms with Gasteiger partial charge in [0.1, 0.15) is 11.5 Å². The molecule has 0 radical (unpaired) electrons. The van der Waals surface area contributed by atoms with Crippen LogP contribution in [0.3, 0.4) is 0 Å². The number of hydrogen-bond acceptors (Lipinski definition) is 3. The van der Waals surface area contributed by atoms with Gasteiger partial charge in [0, 0.05) is 9.37 Å².